The lowest BCUT2D eigenvalue weighted by Gasteiger charge is -2.07. The Balaban J connectivity index is 2.04. The molecule has 0 atom stereocenters. The number of nitrogens with zero attached hydrogens (tertiary/aromatic N) is 1. The van der Waals surface area contributed by atoms with Gasteiger partial charge >= 0.3 is 0 Å². The molecule has 0 saturated heterocycles. The monoisotopic (exact) mass is 254 g/mol. The summed E-state index contributed by atoms with van der Waals surface area (Å²) in [5, 5.41) is 4.21. The first-order valence-electron chi connectivity index (χ1n) is 6.37. The Labute approximate surface area is 113 Å². The summed E-state index contributed by atoms with van der Waals surface area (Å²) in [6.07, 6.45) is 1.79. The average Bonchev–Trinajstić information content (AvgIpc) is 2.44. The molecule has 0 aliphatic carbocycles. The Morgan fingerprint density at radius 2 is 1.95 bits per heavy atom. The highest BCUT2D eigenvalue weighted by Gasteiger charge is 1.99. The van der Waals surface area contributed by atoms with Crippen LogP contribution in [0.5, 0.6) is 5.75 Å². The maximum atomic E-state index is 5.56. The van der Waals surface area contributed by atoms with Gasteiger partial charge in [-0.05, 0) is 43.2 Å². The van der Waals surface area contributed by atoms with Gasteiger partial charge in [0.25, 0.3) is 0 Å². The van der Waals surface area contributed by atoms with E-state index in [-0.39, 0.29) is 0 Å². The van der Waals surface area contributed by atoms with Crippen LogP contribution in [-0.4, -0.2) is 12.8 Å². The molecule has 0 radical (unpaired) electrons. The van der Waals surface area contributed by atoms with Gasteiger partial charge in [0, 0.05) is 0 Å². The molecular weight excluding hydrogens is 236 g/mol. The molecule has 0 aromatic heterocycles. The third-order valence-corrected chi connectivity index (χ3v) is 2.69. The molecule has 3 nitrogen and oxygen atoms in total. The third-order valence-electron chi connectivity index (χ3n) is 2.69. The Bertz CT molecular complexity index is 550. The molecule has 0 heterocycles. The summed E-state index contributed by atoms with van der Waals surface area (Å²) < 4.78 is 5.56. The number of para-hydroxylation sites is 1. The topological polar surface area (TPSA) is 33.6 Å². The van der Waals surface area contributed by atoms with Gasteiger partial charge in [-0.1, -0.05) is 30.3 Å². The van der Waals surface area contributed by atoms with Crippen LogP contribution < -0.4 is 10.2 Å². The molecule has 0 bridgehead atoms. The predicted molar refractivity (Wildman–Crippen MR) is 80.0 cm³/mol. The standard InChI is InChI=1S/C16H18N2O/c1-3-19-16-11-14(10-9-13(16)2)12-17-18-15-7-5-4-6-8-15/h4-12,18H,3H2,1-2H3. The van der Waals surface area contributed by atoms with Crippen molar-refractivity contribution >= 4 is 11.9 Å². The highest BCUT2D eigenvalue weighted by atomic mass is 16.5. The van der Waals surface area contributed by atoms with E-state index < -0.39 is 0 Å². The van der Waals surface area contributed by atoms with E-state index in [1.165, 1.54) is 0 Å². The second-order valence-electron chi connectivity index (χ2n) is 4.19. The summed E-state index contributed by atoms with van der Waals surface area (Å²) >= 11 is 0. The molecule has 0 aliphatic rings. The van der Waals surface area contributed by atoms with Crippen LogP contribution in [-0.2, 0) is 0 Å². The highest BCUT2D eigenvalue weighted by Crippen LogP contribution is 2.18. The van der Waals surface area contributed by atoms with Crippen molar-refractivity contribution in [3.05, 3.63) is 59.7 Å². The minimum Gasteiger partial charge on any atom is -0.494 e. The first-order chi connectivity index (χ1) is 9.29. The molecule has 0 amide bonds. The minimum atomic E-state index is 0.670. The van der Waals surface area contributed by atoms with Crippen LogP contribution in [0.25, 0.3) is 0 Å². The number of nitrogens with one attached hydrogen (secondary N) is 1. The van der Waals surface area contributed by atoms with Crippen molar-refractivity contribution in [3.63, 3.8) is 0 Å². The fourth-order valence-electron chi connectivity index (χ4n) is 1.70. The molecule has 98 valence electrons. The molecular formula is C16H18N2O. The number of benzene rings is 2. The molecule has 0 spiro atoms. The summed E-state index contributed by atoms with van der Waals surface area (Å²) in [7, 11) is 0. The lowest BCUT2D eigenvalue weighted by Crippen LogP contribution is -1.96. The second kappa shape index (κ2) is 6.59. The first-order valence-corrected chi connectivity index (χ1v) is 6.37. The molecule has 2 aromatic carbocycles. The number of rotatable bonds is 5. The van der Waals surface area contributed by atoms with Gasteiger partial charge in [-0.15, -0.1) is 0 Å². The molecule has 0 aliphatic heterocycles. The van der Waals surface area contributed by atoms with Crippen molar-refractivity contribution < 1.29 is 4.74 Å². The number of anilines is 1. The largest absolute Gasteiger partial charge is 0.494 e. The molecule has 0 fully saturated rings. The zero-order valence-corrected chi connectivity index (χ0v) is 11.3. The first kappa shape index (κ1) is 13.1. The van der Waals surface area contributed by atoms with E-state index in [4.69, 9.17) is 4.74 Å². The lowest BCUT2D eigenvalue weighted by atomic mass is 10.1. The Morgan fingerprint density at radius 1 is 1.16 bits per heavy atom. The van der Waals surface area contributed by atoms with Crippen molar-refractivity contribution in [2.75, 3.05) is 12.0 Å². The highest BCUT2D eigenvalue weighted by molar-refractivity contribution is 5.81. The molecule has 2 rings (SSSR count). The molecule has 1 N–H and O–H groups in total. The van der Waals surface area contributed by atoms with E-state index in [9.17, 15) is 0 Å². The van der Waals surface area contributed by atoms with E-state index in [1.807, 2.05) is 62.4 Å². The summed E-state index contributed by atoms with van der Waals surface area (Å²) in [5.41, 5.74) is 6.10. The van der Waals surface area contributed by atoms with Crippen molar-refractivity contribution in [3.8, 4) is 5.75 Å². The van der Waals surface area contributed by atoms with E-state index in [0.29, 0.717) is 6.61 Å². The zero-order chi connectivity index (χ0) is 13.5. The Morgan fingerprint density at radius 3 is 2.68 bits per heavy atom. The van der Waals surface area contributed by atoms with E-state index in [1.54, 1.807) is 6.21 Å². The number of ether oxygens (including phenoxy) is 1. The third kappa shape index (κ3) is 3.85. The van der Waals surface area contributed by atoms with Crippen LogP contribution in [0.2, 0.25) is 0 Å². The Kier molecular flexibility index (Phi) is 4.56. The van der Waals surface area contributed by atoms with Crippen molar-refractivity contribution in [1.29, 1.82) is 0 Å². The summed E-state index contributed by atoms with van der Waals surface area (Å²) in [5.74, 6) is 0.908. The van der Waals surface area contributed by atoms with Crippen LogP contribution in [0.4, 0.5) is 5.69 Å². The minimum absolute atomic E-state index is 0.670. The summed E-state index contributed by atoms with van der Waals surface area (Å²) in [6.45, 7) is 4.69. The van der Waals surface area contributed by atoms with Crippen LogP contribution in [0, 0.1) is 6.92 Å². The van der Waals surface area contributed by atoms with Crippen LogP contribution in [0.3, 0.4) is 0 Å². The maximum Gasteiger partial charge on any atom is 0.122 e. The van der Waals surface area contributed by atoms with E-state index in [0.717, 1.165) is 22.6 Å². The van der Waals surface area contributed by atoms with Crippen molar-refractivity contribution in [1.82, 2.24) is 0 Å². The van der Waals surface area contributed by atoms with Gasteiger partial charge in [-0.3, -0.25) is 5.43 Å². The fraction of sp³-hybridized carbons (Fsp3) is 0.188. The quantitative estimate of drug-likeness (QED) is 0.649. The molecule has 0 saturated carbocycles. The number of hydrogen-bond acceptors (Lipinski definition) is 3. The van der Waals surface area contributed by atoms with Gasteiger partial charge in [-0.2, -0.15) is 5.10 Å². The Hall–Kier alpha value is -2.29. The van der Waals surface area contributed by atoms with Gasteiger partial charge in [0.05, 0.1) is 18.5 Å². The van der Waals surface area contributed by atoms with Crippen molar-refractivity contribution in [2.24, 2.45) is 5.10 Å². The van der Waals surface area contributed by atoms with Gasteiger partial charge in [0.1, 0.15) is 5.75 Å². The SMILES string of the molecule is CCOc1cc(C=NNc2ccccc2)ccc1C. The number of aryl methyl sites for hydroxylation is 1. The van der Waals surface area contributed by atoms with Gasteiger partial charge in [0.15, 0.2) is 0 Å². The van der Waals surface area contributed by atoms with Crippen LogP contribution >= 0.6 is 0 Å². The second-order valence-corrected chi connectivity index (χ2v) is 4.19. The van der Waals surface area contributed by atoms with E-state index >= 15 is 0 Å². The smallest absolute Gasteiger partial charge is 0.122 e. The fourth-order valence-corrected chi connectivity index (χ4v) is 1.70. The van der Waals surface area contributed by atoms with Crippen molar-refractivity contribution in [2.45, 2.75) is 13.8 Å². The molecule has 0 unspecified atom stereocenters. The van der Waals surface area contributed by atoms with E-state index in [2.05, 4.69) is 10.5 Å². The molecule has 3 heteroatoms. The maximum absolute atomic E-state index is 5.56. The number of hydrogen-bond donors (Lipinski definition) is 1. The van der Waals surface area contributed by atoms with Crippen LogP contribution in [0.1, 0.15) is 18.1 Å². The summed E-state index contributed by atoms with van der Waals surface area (Å²) in [6, 6.07) is 15.9. The zero-order valence-electron chi connectivity index (χ0n) is 11.3. The molecule has 19 heavy (non-hydrogen) atoms. The average molecular weight is 254 g/mol. The molecule has 2 aromatic rings. The van der Waals surface area contributed by atoms with Crippen LogP contribution in [0.15, 0.2) is 53.6 Å². The normalized spacial score (nSPS) is 10.6. The predicted octanol–water partition coefficient (Wildman–Crippen LogP) is 3.84. The lowest BCUT2D eigenvalue weighted by molar-refractivity contribution is 0.338. The number of hydrazone groups is 1. The summed E-state index contributed by atoms with van der Waals surface area (Å²) in [4.78, 5) is 0. The van der Waals surface area contributed by atoms with Gasteiger partial charge < -0.3 is 4.74 Å². The van der Waals surface area contributed by atoms with Gasteiger partial charge in [-0.25, -0.2) is 0 Å². The van der Waals surface area contributed by atoms with Gasteiger partial charge in [0.2, 0.25) is 0 Å².